The highest BCUT2D eigenvalue weighted by molar-refractivity contribution is 5.84. The van der Waals surface area contributed by atoms with Gasteiger partial charge in [0, 0.05) is 16.0 Å². The number of fused-ring (bicyclic) bond motifs is 1. The Morgan fingerprint density at radius 3 is 2.78 bits per heavy atom. The molecule has 0 saturated heterocycles. The monoisotopic (exact) mass is 243 g/mol. The van der Waals surface area contributed by atoms with Crippen LogP contribution in [0.3, 0.4) is 0 Å². The molecule has 2 rings (SSSR count). The minimum Gasteiger partial charge on any atom is -0.322 e. The van der Waals surface area contributed by atoms with Crippen molar-refractivity contribution in [3.63, 3.8) is 0 Å². The standard InChI is InChI=1S/C15H14FNO/c1-4-10(5-2)14-9(3)17-15(18)12-7-6-11(16)8-13(12)14/h4,6-8H,1,3,5H2,2H3,(H,17,18)/b14-10-. The van der Waals surface area contributed by atoms with Crippen LogP contribution in [-0.4, -0.2) is 4.98 Å². The summed E-state index contributed by atoms with van der Waals surface area (Å²) in [6.45, 7) is 9.56. The Labute approximate surface area is 104 Å². The number of pyridine rings is 1. The van der Waals surface area contributed by atoms with E-state index in [1.807, 2.05) is 6.92 Å². The van der Waals surface area contributed by atoms with Crippen molar-refractivity contribution >= 4 is 22.9 Å². The van der Waals surface area contributed by atoms with E-state index in [2.05, 4.69) is 18.1 Å². The summed E-state index contributed by atoms with van der Waals surface area (Å²) in [6.07, 6.45) is 2.45. The fourth-order valence-corrected chi connectivity index (χ4v) is 2.14. The van der Waals surface area contributed by atoms with Gasteiger partial charge in [0.2, 0.25) is 0 Å². The Morgan fingerprint density at radius 1 is 1.44 bits per heavy atom. The van der Waals surface area contributed by atoms with Gasteiger partial charge in [-0.3, -0.25) is 4.79 Å². The van der Waals surface area contributed by atoms with Crippen LogP contribution >= 0.6 is 0 Å². The average molecular weight is 243 g/mol. The Morgan fingerprint density at radius 2 is 2.17 bits per heavy atom. The van der Waals surface area contributed by atoms with Gasteiger partial charge in [-0.15, -0.1) is 0 Å². The number of hydrogen-bond donors (Lipinski definition) is 1. The lowest BCUT2D eigenvalue weighted by Crippen LogP contribution is -2.35. The summed E-state index contributed by atoms with van der Waals surface area (Å²) in [5.74, 6) is -0.367. The molecular formula is C15H14FNO. The average Bonchev–Trinajstić information content (AvgIpc) is 2.34. The van der Waals surface area contributed by atoms with Crippen LogP contribution in [0.2, 0.25) is 0 Å². The van der Waals surface area contributed by atoms with E-state index in [0.29, 0.717) is 16.1 Å². The van der Waals surface area contributed by atoms with E-state index in [1.54, 1.807) is 6.08 Å². The molecule has 0 atom stereocenters. The molecule has 3 heteroatoms. The molecule has 0 aliphatic heterocycles. The van der Waals surface area contributed by atoms with E-state index < -0.39 is 0 Å². The SMILES string of the molecule is C=C/C(CC)=c1\c(=C)[nH]c(=O)c2ccc(F)cc12. The van der Waals surface area contributed by atoms with Gasteiger partial charge in [0.15, 0.2) is 0 Å². The Kier molecular flexibility index (Phi) is 3.15. The van der Waals surface area contributed by atoms with Gasteiger partial charge in [-0.1, -0.05) is 26.2 Å². The number of hydrogen-bond acceptors (Lipinski definition) is 1. The first-order valence-electron chi connectivity index (χ1n) is 5.74. The number of benzene rings is 1. The predicted molar refractivity (Wildman–Crippen MR) is 73.2 cm³/mol. The topological polar surface area (TPSA) is 32.9 Å². The van der Waals surface area contributed by atoms with Gasteiger partial charge >= 0.3 is 0 Å². The molecule has 18 heavy (non-hydrogen) atoms. The fraction of sp³-hybridized carbons (Fsp3) is 0.133. The molecule has 0 fully saturated rings. The summed E-state index contributed by atoms with van der Waals surface area (Å²) in [5.41, 5.74) is 0.685. The maximum atomic E-state index is 13.4. The molecule has 2 aromatic rings. The molecule has 1 aromatic heterocycles. The number of rotatable bonds is 2. The normalized spacial score (nSPS) is 12.6. The van der Waals surface area contributed by atoms with Gasteiger partial charge < -0.3 is 4.98 Å². The first kappa shape index (κ1) is 12.3. The zero-order valence-electron chi connectivity index (χ0n) is 10.2. The van der Waals surface area contributed by atoms with Gasteiger partial charge in [0.25, 0.3) is 5.56 Å². The van der Waals surface area contributed by atoms with Crippen molar-refractivity contribution < 1.29 is 4.39 Å². The smallest absolute Gasteiger partial charge is 0.256 e. The van der Waals surface area contributed by atoms with Crippen molar-refractivity contribution in [3.8, 4) is 0 Å². The number of aromatic nitrogens is 1. The van der Waals surface area contributed by atoms with E-state index >= 15 is 0 Å². The van der Waals surface area contributed by atoms with Crippen molar-refractivity contribution in [2.45, 2.75) is 13.3 Å². The van der Waals surface area contributed by atoms with Crippen molar-refractivity contribution in [1.29, 1.82) is 0 Å². The number of allylic oxidation sites excluding steroid dienone is 1. The van der Waals surface area contributed by atoms with Crippen LogP contribution in [0.5, 0.6) is 0 Å². The molecule has 0 aliphatic rings. The van der Waals surface area contributed by atoms with Gasteiger partial charge in [-0.25, -0.2) is 4.39 Å². The maximum absolute atomic E-state index is 13.4. The van der Waals surface area contributed by atoms with Crippen LogP contribution in [0, 0.1) is 5.82 Å². The number of nitrogens with one attached hydrogen (secondary N) is 1. The van der Waals surface area contributed by atoms with Crippen molar-refractivity contribution in [2.24, 2.45) is 0 Å². The lowest BCUT2D eigenvalue weighted by atomic mass is 10.0. The Balaban J connectivity index is 3.21. The van der Waals surface area contributed by atoms with Crippen LogP contribution < -0.4 is 16.1 Å². The quantitative estimate of drug-likeness (QED) is 0.857. The second-order valence-corrected chi connectivity index (χ2v) is 4.08. The first-order chi connectivity index (χ1) is 8.58. The van der Waals surface area contributed by atoms with E-state index in [4.69, 9.17) is 0 Å². The molecule has 0 amide bonds. The van der Waals surface area contributed by atoms with Gasteiger partial charge in [0.05, 0.1) is 0 Å². The second-order valence-electron chi connectivity index (χ2n) is 4.08. The van der Waals surface area contributed by atoms with E-state index in [-0.39, 0.29) is 11.4 Å². The number of H-pyrrole nitrogens is 1. The molecular weight excluding hydrogens is 229 g/mol. The highest BCUT2D eigenvalue weighted by Gasteiger charge is 2.05. The maximum Gasteiger partial charge on any atom is 0.256 e. The highest BCUT2D eigenvalue weighted by atomic mass is 19.1. The third-order valence-corrected chi connectivity index (χ3v) is 3.01. The summed E-state index contributed by atoms with van der Waals surface area (Å²) >= 11 is 0. The third kappa shape index (κ3) is 1.88. The van der Waals surface area contributed by atoms with Crippen LogP contribution in [0.15, 0.2) is 35.6 Å². The lowest BCUT2D eigenvalue weighted by Gasteiger charge is -2.03. The third-order valence-electron chi connectivity index (χ3n) is 3.01. The summed E-state index contributed by atoms with van der Waals surface area (Å²) in [4.78, 5) is 14.5. The van der Waals surface area contributed by atoms with Crippen molar-refractivity contribution in [1.82, 2.24) is 4.98 Å². The molecule has 1 heterocycles. The minimum absolute atomic E-state index is 0.252. The van der Waals surface area contributed by atoms with Crippen LogP contribution in [0.25, 0.3) is 22.9 Å². The van der Waals surface area contributed by atoms with Crippen LogP contribution in [0.1, 0.15) is 13.3 Å². The summed E-state index contributed by atoms with van der Waals surface area (Å²) < 4.78 is 13.4. The highest BCUT2D eigenvalue weighted by Crippen LogP contribution is 2.08. The van der Waals surface area contributed by atoms with E-state index in [0.717, 1.165) is 17.2 Å². The van der Waals surface area contributed by atoms with E-state index in [9.17, 15) is 9.18 Å². The lowest BCUT2D eigenvalue weighted by molar-refractivity contribution is 0.629. The van der Waals surface area contributed by atoms with Crippen LogP contribution in [0.4, 0.5) is 4.39 Å². The molecule has 0 radical (unpaired) electrons. The minimum atomic E-state index is -0.367. The first-order valence-corrected chi connectivity index (χ1v) is 5.74. The number of aromatic amines is 1. The van der Waals surface area contributed by atoms with Crippen molar-refractivity contribution in [2.75, 3.05) is 0 Å². The van der Waals surface area contributed by atoms with Gasteiger partial charge in [-0.05, 0) is 35.6 Å². The van der Waals surface area contributed by atoms with Gasteiger partial charge in [-0.2, -0.15) is 0 Å². The van der Waals surface area contributed by atoms with Gasteiger partial charge in [0.1, 0.15) is 5.82 Å². The number of halogens is 1. The van der Waals surface area contributed by atoms with Crippen molar-refractivity contribution in [3.05, 3.63) is 57.6 Å². The molecule has 2 nitrogen and oxygen atoms in total. The molecule has 1 N–H and O–H groups in total. The van der Waals surface area contributed by atoms with E-state index in [1.165, 1.54) is 18.2 Å². The zero-order chi connectivity index (χ0) is 13.3. The molecule has 0 aliphatic carbocycles. The summed E-state index contributed by atoms with van der Waals surface area (Å²) in [6, 6.07) is 4.14. The summed E-state index contributed by atoms with van der Waals surface area (Å²) in [7, 11) is 0. The molecule has 92 valence electrons. The molecule has 1 aromatic carbocycles. The molecule has 0 unspecified atom stereocenters. The Bertz CT molecular complexity index is 786. The molecule has 0 bridgehead atoms. The van der Waals surface area contributed by atoms with Crippen LogP contribution in [-0.2, 0) is 0 Å². The zero-order valence-corrected chi connectivity index (χ0v) is 10.2. The summed E-state index contributed by atoms with van der Waals surface area (Å²) in [5, 5.41) is 2.31. The largest absolute Gasteiger partial charge is 0.322 e. The Hall–Kier alpha value is -2.16. The second kappa shape index (κ2) is 4.61. The molecule has 0 saturated carbocycles. The fourth-order valence-electron chi connectivity index (χ4n) is 2.14. The predicted octanol–water partition coefficient (Wildman–Crippen LogP) is 1.82. The molecule has 0 spiro atoms.